The number of benzene rings is 6. The van der Waals surface area contributed by atoms with Crippen molar-refractivity contribution in [2.24, 2.45) is 0 Å². The number of fused-ring (bicyclic) bond motifs is 3. The van der Waals surface area contributed by atoms with E-state index in [2.05, 4.69) is 127 Å². The van der Waals surface area contributed by atoms with Crippen LogP contribution in [0.25, 0.3) is 88.5 Å². The second-order valence-corrected chi connectivity index (χ2v) is 13.7. The molecule has 49 heavy (non-hydrogen) atoms. The van der Waals surface area contributed by atoms with Crippen LogP contribution in [-0.2, 0) is 5.41 Å². The number of aromatic nitrogens is 3. The monoisotopic (exact) mass is 625 g/mol. The van der Waals surface area contributed by atoms with Gasteiger partial charge in [-0.3, -0.25) is 9.97 Å². The maximum absolute atomic E-state index is 4.99. The zero-order valence-corrected chi connectivity index (χ0v) is 27.3. The van der Waals surface area contributed by atoms with Gasteiger partial charge in [0.2, 0.25) is 0 Å². The van der Waals surface area contributed by atoms with E-state index in [0.29, 0.717) is 0 Å². The molecule has 230 valence electrons. The average Bonchev–Trinajstić information content (AvgIpc) is 3.39. The van der Waals surface area contributed by atoms with Gasteiger partial charge < -0.3 is 0 Å². The lowest BCUT2D eigenvalue weighted by Crippen LogP contribution is -2.15. The fraction of sp³-hybridized carbons (Fsp3) is 0.0652. The number of hydrogen-bond acceptors (Lipinski definition) is 3. The molecule has 10 rings (SSSR count). The summed E-state index contributed by atoms with van der Waals surface area (Å²) in [5, 5.41) is 7.90. The first-order valence-corrected chi connectivity index (χ1v) is 16.8. The lowest BCUT2D eigenvalue weighted by molar-refractivity contribution is 0.661. The third-order valence-electron chi connectivity index (χ3n) is 10.5. The molecule has 0 bridgehead atoms. The predicted octanol–water partition coefficient (Wildman–Crippen LogP) is 11.7. The molecular weight excluding hydrogens is 595 g/mol. The highest BCUT2D eigenvalue weighted by Gasteiger charge is 2.36. The molecule has 3 heteroatoms. The third-order valence-corrected chi connectivity index (χ3v) is 10.5. The predicted molar refractivity (Wildman–Crippen MR) is 203 cm³/mol. The molecule has 0 amide bonds. The Morgan fingerprint density at radius 1 is 0.408 bits per heavy atom. The average molecular weight is 626 g/mol. The zero-order chi connectivity index (χ0) is 32.7. The van der Waals surface area contributed by atoms with E-state index in [1.807, 2.05) is 48.8 Å². The van der Waals surface area contributed by atoms with E-state index in [-0.39, 0.29) is 5.41 Å². The van der Waals surface area contributed by atoms with Gasteiger partial charge in [-0.15, -0.1) is 0 Å². The second kappa shape index (κ2) is 10.4. The Morgan fingerprint density at radius 3 is 1.59 bits per heavy atom. The molecule has 0 fully saturated rings. The van der Waals surface area contributed by atoms with Crippen molar-refractivity contribution in [3.05, 3.63) is 163 Å². The summed E-state index contributed by atoms with van der Waals surface area (Å²) in [4.78, 5) is 14.2. The van der Waals surface area contributed by atoms with Crippen LogP contribution in [0.15, 0.2) is 152 Å². The van der Waals surface area contributed by atoms with Crippen molar-refractivity contribution in [3.63, 3.8) is 0 Å². The van der Waals surface area contributed by atoms with E-state index in [1.165, 1.54) is 65.7 Å². The summed E-state index contributed by atoms with van der Waals surface area (Å²) in [6, 6.07) is 50.5. The van der Waals surface area contributed by atoms with Gasteiger partial charge in [0.15, 0.2) is 0 Å². The van der Waals surface area contributed by atoms with Gasteiger partial charge >= 0.3 is 0 Å². The van der Waals surface area contributed by atoms with Crippen LogP contribution >= 0.6 is 0 Å². The van der Waals surface area contributed by atoms with E-state index in [9.17, 15) is 0 Å². The normalized spacial score (nSPS) is 13.3. The number of rotatable bonds is 4. The van der Waals surface area contributed by atoms with Crippen LogP contribution in [0.1, 0.15) is 25.0 Å². The van der Waals surface area contributed by atoms with Crippen LogP contribution in [0, 0.1) is 0 Å². The lowest BCUT2D eigenvalue weighted by Gasteiger charge is -2.23. The van der Waals surface area contributed by atoms with Crippen molar-refractivity contribution in [2.75, 3.05) is 0 Å². The quantitative estimate of drug-likeness (QED) is 0.183. The highest BCUT2D eigenvalue weighted by molar-refractivity contribution is 6.25. The van der Waals surface area contributed by atoms with Gasteiger partial charge in [-0.2, -0.15) is 0 Å². The van der Waals surface area contributed by atoms with Crippen LogP contribution < -0.4 is 0 Å². The summed E-state index contributed by atoms with van der Waals surface area (Å²) in [6.07, 6.45) is 3.63. The first-order valence-electron chi connectivity index (χ1n) is 16.8. The number of pyridine rings is 3. The van der Waals surface area contributed by atoms with Crippen molar-refractivity contribution in [2.45, 2.75) is 19.3 Å². The van der Waals surface area contributed by atoms with Gasteiger partial charge in [0, 0.05) is 17.8 Å². The summed E-state index contributed by atoms with van der Waals surface area (Å²) in [5.41, 5.74) is 13.3. The van der Waals surface area contributed by atoms with Crippen LogP contribution in [0.5, 0.6) is 0 Å². The largest absolute Gasteiger partial charge is 0.255 e. The topological polar surface area (TPSA) is 38.7 Å². The minimum atomic E-state index is -0.179. The fourth-order valence-electron chi connectivity index (χ4n) is 8.06. The van der Waals surface area contributed by atoms with Gasteiger partial charge in [0.1, 0.15) is 0 Å². The molecule has 0 atom stereocenters. The molecule has 0 unspecified atom stereocenters. The van der Waals surface area contributed by atoms with Crippen LogP contribution in [-0.4, -0.2) is 15.0 Å². The summed E-state index contributed by atoms with van der Waals surface area (Å²) in [6.45, 7) is 4.72. The molecule has 3 nitrogen and oxygen atoms in total. The Morgan fingerprint density at radius 2 is 0.959 bits per heavy atom. The molecule has 0 aliphatic heterocycles. The van der Waals surface area contributed by atoms with Gasteiger partial charge in [0.05, 0.1) is 22.8 Å². The third kappa shape index (κ3) is 4.25. The standard InChI is InChI=1S/C46H31N3/c1-46(2)38-24-31(33-26-42(40-10-3-5-22-47-40)49-43(27-33)41-11-4-6-23-48-41)16-19-35(38)36-20-17-32(25-39(36)46)34-18-14-30-13-12-28-8-7-9-29-15-21-37(34)45(30)44(28)29/h3-27H,1-2H3. The molecular formula is C46H31N3. The zero-order valence-electron chi connectivity index (χ0n) is 27.3. The molecule has 0 saturated heterocycles. The Bertz CT molecular complexity index is 2650. The molecule has 3 aromatic heterocycles. The van der Waals surface area contributed by atoms with Crippen LogP contribution in [0.2, 0.25) is 0 Å². The molecule has 0 radical (unpaired) electrons. The Hall–Kier alpha value is -6.19. The molecule has 0 saturated carbocycles. The fourth-order valence-corrected chi connectivity index (χ4v) is 8.06. The van der Waals surface area contributed by atoms with Crippen LogP contribution in [0.3, 0.4) is 0 Å². The van der Waals surface area contributed by atoms with Gasteiger partial charge in [-0.1, -0.05) is 105 Å². The smallest absolute Gasteiger partial charge is 0.0900 e. The Labute approximate surface area is 284 Å². The van der Waals surface area contributed by atoms with Gasteiger partial charge in [-0.25, -0.2) is 4.98 Å². The number of nitrogens with zero attached hydrogens (tertiary/aromatic N) is 3. The van der Waals surface area contributed by atoms with E-state index in [4.69, 9.17) is 4.98 Å². The summed E-state index contributed by atoms with van der Waals surface area (Å²) < 4.78 is 0. The minimum Gasteiger partial charge on any atom is -0.255 e. The van der Waals surface area contributed by atoms with Crippen molar-refractivity contribution in [3.8, 4) is 56.2 Å². The first-order chi connectivity index (χ1) is 24.0. The molecule has 6 aromatic carbocycles. The van der Waals surface area contributed by atoms with Gasteiger partial charge in [0.25, 0.3) is 0 Å². The van der Waals surface area contributed by atoms with E-state index >= 15 is 0 Å². The molecule has 0 spiro atoms. The summed E-state index contributed by atoms with van der Waals surface area (Å²) >= 11 is 0. The van der Waals surface area contributed by atoms with Crippen molar-refractivity contribution in [1.29, 1.82) is 0 Å². The maximum Gasteiger partial charge on any atom is 0.0900 e. The SMILES string of the molecule is CC1(C)c2cc(-c3cc(-c4ccccn4)nc(-c4ccccn4)c3)ccc2-c2ccc(-c3ccc4ccc5cccc6ccc3c4c56)cc21. The summed E-state index contributed by atoms with van der Waals surface area (Å²) in [7, 11) is 0. The molecule has 0 N–H and O–H groups in total. The maximum atomic E-state index is 4.99. The van der Waals surface area contributed by atoms with Gasteiger partial charge in [-0.05, 0) is 125 Å². The number of hydrogen-bond donors (Lipinski definition) is 0. The first kappa shape index (κ1) is 27.9. The Kier molecular flexibility index (Phi) is 5.92. The van der Waals surface area contributed by atoms with E-state index < -0.39 is 0 Å². The summed E-state index contributed by atoms with van der Waals surface area (Å²) in [5.74, 6) is 0. The molecule has 3 heterocycles. The van der Waals surface area contributed by atoms with Crippen molar-refractivity contribution in [1.82, 2.24) is 15.0 Å². The van der Waals surface area contributed by atoms with Crippen molar-refractivity contribution < 1.29 is 0 Å². The van der Waals surface area contributed by atoms with E-state index in [0.717, 1.165) is 33.9 Å². The molecule has 9 aromatic rings. The lowest BCUT2D eigenvalue weighted by atomic mass is 9.80. The van der Waals surface area contributed by atoms with Crippen molar-refractivity contribution >= 4 is 32.3 Å². The highest BCUT2D eigenvalue weighted by atomic mass is 14.8. The second-order valence-electron chi connectivity index (χ2n) is 13.7. The van der Waals surface area contributed by atoms with Crippen LogP contribution in [0.4, 0.5) is 0 Å². The molecule has 1 aliphatic rings. The Balaban J connectivity index is 1.10. The minimum absolute atomic E-state index is 0.179. The highest BCUT2D eigenvalue weighted by Crippen LogP contribution is 2.51. The van der Waals surface area contributed by atoms with E-state index in [1.54, 1.807) is 0 Å². The molecule has 1 aliphatic carbocycles.